The average Bonchev–Trinajstić information content (AvgIpc) is 3.33. The number of hydrogen-bond acceptors (Lipinski definition) is 15. The molecular formula is C49H44BrCl2N7O10. The molecule has 0 aliphatic heterocycles. The van der Waals surface area contributed by atoms with E-state index in [1.165, 1.54) is 12.4 Å². The Morgan fingerprint density at radius 2 is 1.22 bits per heavy atom. The molecule has 0 aliphatic carbocycles. The molecule has 0 fully saturated rings. The van der Waals surface area contributed by atoms with Crippen molar-refractivity contribution in [3.63, 3.8) is 0 Å². The minimum absolute atomic E-state index is 0.00105. The van der Waals surface area contributed by atoms with Crippen molar-refractivity contribution in [1.82, 2.24) is 25.3 Å². The summed E-state index contributed by atoms with van der Waals surface area (Å²) in [4.78, 5) is 39.5. The predicted molar refractivity (Wildman–Crippen MR) is 254 cm³/mol. The number of nitrogens with one attached hydrogen (secondary N) is 1. The highest BCUT2D eigenvalue weighted by Crippen LogP contribution is 2.38. The summed E-state index contributed by atoms with van der Waals surface area (Å²) in [6, 6.07) is 23.5. The third kappa shape index (κ3) is 15.3. The molecule has 0 radical (unpaired) electrons. The third-order valence-electron chi connectivity index (χ3n) is 10.2. The van der Waals surface area contributed by atoms with Gasteiger partial charge in [-0.25, -0.2) is 0 Å². The number of benzene rings is 2. The molecule has 0 saturated heterocycles. The van der Waals surface area contributed by atoms with E-state index in [0.29, 0.717) is 83.0 Å². The van der Waals surface area contributed by atoms with E-state index in [9.17, 15) is 30.3 Å². The number of hydrogen-bond donors (Lipinski definition) is 5. The maximum absolute atomic E-state index is 11.0. The molecular weight excluding hydrogens is 997 g/mol. The molecule has 17 nitrogen and oxygen atoms in total. The largest absolute Gasteiger partial charge is 0.481 e. The van der Waals surface area contributed by atoms with Crippen molar-refractivity contribution in [1.29, 1.82) is 10.5 Å². The van der Waals surface area contributed by atoms with Crippen LogP contribution in [-0.4, -0.2) is 71.1 Å². The molecule has 4 aromatic heterocycles. The molecule has 20 heteroatoms. The van der Waals surface area contributed by atoms with Crippen LogP contribution in [0.3, 0.4) is 0 Å². The molecule has 0 amide bonds. The van der Waals surface area contributed by atoms with Crippen molar-refractivity contribution >= 4 is 51.1 Å². The summed E-state index contributed by atoms with van der Waals surface area (Å²) >= 11 is 17.6. The van der Waals surface area contributed by atoms with Gasteiger partial charge in [-0.1, -0.05) is 59.6 Å². The van der Waals surface area contributed by atoms with Crippen molar-refractivity contribution in [2.24, 2.45) is 0 Å². The highest BCUT2D eigenvalue weighted by Gasteiger charge is 2.19. The number of aliphatic carboxylic acids is 2. The van der Waals surface area contributed by atoms with Crippen molar-refractivity contribution in [3.8, 4) is 46.8 Å². The van der Waals surface area contributed by atoms with Gasteiger partial charge in [0, 0.05) is 88.5 Å². The highest BCUT2D eigenvalue weighted by molar-refractivity contribution is 9.10. The monoisotopic (exact) mass is 1040 g/mol. The SMILES string of the molecule is N#Cc1cncc(COc2nc(OCc3cccc(-c4cccc(COc5nc(OCc6cncc(C#N)c6)c(CNC[C@@H](O)CC(=O)O)cc5Br)c4Cl)c3Cl)ccc2CCC[C@@H](O)CC(=O)O)c1. The first-order valence-corrected chi connectivity index (χ1v) is 22.8. The van der Waals surface area contributed by atoms with Crippen LogP contribution in [0, 0.1) is 22.7 Å². The molecule has 0 bridgehead atoms. The quantitative estimate of drug-likeness (QED) is 0.0362. The molecule has 0 saturated carbocycles. The van der Waals surface area contributed by atoms with Gasteiger partial charge in [-0.05, 0) is 59.5 Å². The number of aryl methyl sites for hydroxylation is 1. The number of aliphatic hydroxyl groups excluding tert-OH is 2. The molecule has 6 aromatic rings. The number of aromatic nitrogens is 4. The Labute approximate surface area is 415 Å². The van der Waals surface area contributed by atoms with Crippen LogP contribution in [0.25, 0.3) is 11.1 Å². The van der Waals surface area contributed by atoms with E-state index in [1.807, 2.05) is 36.4 Å². The fourth-order valence-electron chi connectivity index (χ4n) is 6.83. The van der Waals surface area contributed by atoms with E-state index >= 15 is 0 Å². The molecule has 0 aliphatic rings. The van der Waals surface area contributed by atoms with Crippen LogP contribution in [0.4, 0.5) is 0 Å². The number of carboxylic acids is 2. The zero-order chi connectivity index (χ0) is 49.3. The lowest BCUT2D eigenvalue weighted by Crippen LogP contribution is -2.28. The van der Waals surface area contributed by atoms with Crippen LogP contribution in [-0.2, 0) is 49.0 Å². The predicted octanol–water partition coefficient (Wildman–Crippen LogP) is 8.15. The number of nitrogens with zero attached hydrogens (tertiary/aromatic N) is 6. The van der Waals surface area contributed by atoms with Crippen LogP contribution >= 0.6 is 39.1 Å². The second-order valence-corrected chi connectivity index (χ2v) is 17.1. The Balaban J connectivity index is 1.16. The summed E-state index contributed by atoms with van der Waals surface area (Å²) in [7, 11) is 0. The van der Waals surface area contributed by atoms with Crippen molar-refractivity contribution in [3.05, 3.63) is 151 Å². The number of nitriles is 2. The maximum Gasteiger partial charge on any atom is 0.306 e. The second-order valence-electron chi connectivity index (χ2n) is 15.5. The van der Waals surface area contributed by atoms with E-state index in [4.69, 9.17) is 52.4 Å². The van der Waals surface area contributed by atoms with Gasteiger partial charge >= 0.3 is 11.9 Å². The third-order valence-corrected chi connectivity index (χ3v) is 11.6. The summed E-state index contributed by atoms with van der Waals surface area (Å²) in [6.45, 7) is 0.249. The minimum atomic E-state index is -1.13. The number of pyridine rings is 4. The fourth-order valence-corrected chi connectivity index (χ4v) is 7.87. The van der Waals surface area contributed by atoms with Crippen molar-refractivity contribution in [2.75, 3.05) is 6.54 Å². The number of rotatable bonds is 25. The van der Waals surface area contributed by atoms with Crippen LogP contribution < -0.4 is 24.3 Å². The Hall–Kier alpha value is -6.90. The lowest BCUT2D eigenvalue weighted by Gasteiger charge is -2.17. The summed E-state index contributed by atoms with van der Waals surface area (Å²) in [5.41, 5.74) is 5.79. The number of carbonyl (C=O) groups is 2. The fraction of sp³-hybridized carbons (Fsp3) is 0.265. The molecule has 6 rings (SSSR count). The van der Waals surface area contributed by atoms with Gasteiger partial charge in [-0.15, -0.1) is 0 Å². The smallest absolute Gasteiger partial charge is 0.306 e. The first kappa shape index (κ1) is 51.5. The van der Waals surface area contributed by atoms with Gasteiger partial charge in [0.05, 0.1) is 50.7 Å². The molecule has 2 atom stereocenters. The van der Waals surface area contributed by atoms with E-state index in [-0.39, 0.29) is 75.9 Å². The molecule has 2 aromatic carbocycles. The lowest BCUT2D eigenvalue weighted by molar-refractivity contribution is -0.140. The van der Waals surface area contributed by atoms with Crippen LogP contribution in [0.1, 0.15) is 70.2 Å². The maximum atomic E-state index is 11.0. The van der Waals surface area contributed by atoms with Gasteiger partial charge in [0.15, 0.2) is 0 Å². The highest BCUT2D eigenvalue weighted by atomic mass is 79.9. The first-order valence-electron chi connectivity index (χ1n) is 21.2. The zero-order valence-electron chi connectivity index (χ0n) is 36.6. The van der Waals surface area contributed by atoms with Gasteiger partial charge in [-0.3, -0.25) is 19.6 Å². The molecule has 0 unspecified atom stereocenters. The van der Waals surface area contributed by atoms with Gasteiger partial charge in [0.2, 0.25) is 23.5 Å². The summed E-state index contributed by atoms with van der Waals surface area (Å²) in [6.07, 6.45) is 4.31. The van der Waals surface area contributed by atoms with Crippen molar-refractivity contribution in [2.45, 2.75) is 77.3 Å². The van der Waals surface area contributed by atoms with E-state index < -0.39 is 30.6 Å². The first-order chi connectivity index (χ1) is 33.3. The van der Waals surface area contributed by atoms with Crippen LogP contribution in [0.2, 0.25) is 10.0 Å². The van der Waals surface area contributed by atoms with Gasteiger partial charge < -0.3 is 44.7 Å². The normalized spacial score (nSPS) is 11.8. The summed E-state index contributed by atoms with van der Waals surface area (Å²) in [5, 5.41) is 60.6. The summed E-state index contributed by atoms with van der Waals surface area (Å²) < 4.78 is 25.0. The number of carboxylic acid groups (broad SMARTS) is 2. The summed E-state index contributed by atoms with van der Waals surface area (Å²) in [5.74, 6) is -1.35. The van der Waals surface area contributed by atoms with Crippen molar-refractivity contribution < 1.29 is 49.0 Å². The number of ether oxygens (including phenoxy) is 4. The Morgan fingerprint density at radius 3 is 1.80 bits per heavy atom. The van der Waals surface area contributed by atoms with E-state index in [2.05, 4.69) is 47.3 Å². The van der Waals surface area contributed by atoms with Gasteiger partial charge in [0.25, 0.3) is 0 Å². The zero-order valence-corrected chi connectivity index (χ0v) is 39.7. The average molecular weight is 1040 g/mol. The molecule has 356 valence electrons. The minimum Gasteiger partial charge on any atom is -0.481 e. The number of aliphatic hydroxyl groups is 2. The van der Waals surface area contributed by atoms with E-state index in [0.717, 1.165) is 0 Å². The Kier molecular flexibility index (Phi) is 19.0. The molecule has 0 spiro atoms. The topological polar surface area (TPSA) is 263 Å². The lowest BCUT2D eigenvalue weighted by atomic mass is 10.0. The van der Waals surface area contributed by atoms with Gasteiger partial charge in [0.1, 0.15) is 38.6 Å². The Morgan fingerprint density at radius 1 is 0.667 bits per heavy atom. The standard InChI is InChI=1S/C49H44BrCl2N7O10/c50-41-14-36(23-57-24-38(61)16-44(64)65)48(68-26-32-13-30(18-54)20-56-22-32)59-49(41)69-28-35-6-3-9-40(46(35)52)39-8-2-5-34(45(39)51)27-66-42-11-10-33(4-1-7-37(60)15-43(62)63)47(58-42)67-25-31-12-29(17-53)19-55-21-31/h2-3,5-6,8-14,19-22,37-38,57,60-61H,1,4,7,15-16,23-28H2,(H,62,63)(H,64,65)/t37-,38+/m1/s1. The number of halogens is 3. The molecule has 5 N–H and O–H groups in total. The molecule has 69 heavy (non-hydrogen) atoms. The second kappa shape index (κ2) is 25.5. The molecule has 4 heterocycles. The van der Waals surface area contributed by atoms with Crippen LogP contribution in [0.15, 0.2) is 96.0 Å². The Bertz CT molecular complexity index is 2860. The van der Waals surface area contributed by atoms with Gasteiger partial charge in [-0.2, -0.15) is 20.5 Å². The van der Waals surface area contributed by atoms with Crippen LogP contribution in [0.5, 0.6) is 23.5 Å². The van der Waals surface area contributed by atoms with E-state index in [1.54, 1.807) is 48.8 Å².